The van der Waals surface area contributed by atoms with Gasteiger partial charge < -0.3 is 14.8 Å². The Morgan fingerprint density at radius 3 is 2.28 bits per heavy atom. The lowest BCUT2D eigenvalue weighted by Gasteiger charge is -2.15. The Labute approximate surface area is 180 Å². The maximum absolute atomic E-state index is 13.2. The second-order valence-electron chi connectivity index (χ2n) is 6.71. The van der Waals surface area contributed by atoms with Gasteiger partial charge in [0, 0.05) is 29.7 Å². The van der Waals surface area contributed by atoms with E-state index in [0.717, 1.165) is 12.1 Å². The Bertz CT molecular complexity index is 977. The highest BCUT2D eigenvalue weighted by atomic mass is 35.5. The molecule has 0 fully saturated rings. The van der Waals surface area contributed by atoms with Crippen molar-refractivity contribution >= 4 is 23.2 Å². The summed E-state index contributed by atoms with van der Waals surface area (Å²) >= 11 is 12.5. The Balaban J connectivity index is 1.65. The van der Waals surface area contributed by atoms with Gasteiger partial charge in [0.25, 0.3) is 0 Å². The average molecular weight is 434 g/mol. The number of rotatable bonds is 8. The number of ether oxygens (including phenoxy) is 2. The molecule has 152 valence electrons. The molecular formula is C23H22Cl2FNO2. The smallest absolute Gasteiger partial charge is 0.163 e. The molecule has 0 amide bonds. The lowest BCUT2D eigenvalue weighted by molar-refractivity contribution is 0.284. The van der Waals surface area contributed by atoms with E-state index in [4.69, 9.17) is 32.7 Å². The van der Waals surface area contributed by atoms with Gasteiger partial charge in [-0.25, -0.2) is 4.39 Å². The molecule has 3 rings (SSSR count). The Kier molecular flexibility index (Phi) is 7.37. The van der Waals surface area contributed by atoms with Gasteiger partial charge in [0.05, 0.1) is 12.1 Å². The normalized spacial score (nSPS) is 10.8. The summed E-state index contributed by atoms with van der Waals surface area (Å²) in [6.07, 6.45) is 0. The van der Waals surface area contributed by atoms with E-state index in [1.54, 1.807) is 19.2 Å². The fraction of sp³-hybridized carbons (Fsp3) is 0.217. The summed E-state index contributed by atoms with van der Waals surface area (Å²) in [6.45, 7) is 3.57. The quantitative estimate of drug-likeness (QED) is 0.450. The minimum atomic E-state index is -0.387. The maximum Gasteiger partial charge on any atom is 0.163 e. The predicted molar refractivity (Wildman–Crippen MR) is 115 cm³/mol. The van der Waals surface area contributed by atoms with Gasteiger partial charge in [-0.2, -0.15) is 0 Å². The summed E-state index contributed by atoms with van der Waals surface area (Å²) in [5, 5.41) is 4.27. The summed E-state index contributed by atoms with van der Waals surface area (Å²) in [4.78, 5) is 0. The Morgan fingerprint density at radius 1 is 0.862 bits per heavy atom. The van der Waals surface area contributed by atoms with E-state index < -0.39 is 0 Å². The highest BCUT2D eigenvalue weighted by Crippen LogP contribution is 2.34. The third-order valence-electron chi connectivity index (χ3n) is 4.50. The highest BCUT2D eigenvalue weighted by molar-refractivity contribution is 6.31. The van der Waals surface area contributed by atoms with Gasteiger partial charge in [-0.1, -0.05) is 59.1 Å². The number of methoxy groups -OCH3 is 1. The van der Waals surface area contributed by atoms with Crippen LogP contribution in [0.15, 0.2) is 54.6 Å². The molecule has 0 spiro atoms. The van der Waals surface area contributed by atoms with Crippen molar-refractivity contribution in [2.75, 3.05) is 7.11 Å². The molecule has 0 bridgehead atoms. The van der Waals surface area contributed by atoms with Crippen LogP contribution in [-0.2, 0) is 19.7 Å². The third-order valence-corrected chi connectivity index (χ3v) is 5.20. The number of halogens is 3. The van der Waals surface area contributed by atoms with Gasteiger partial charge in [0.2, 0.25) is 0 Å². The third kappa shape index (κ3) is 5.86. The van der Waals surface area contributed by atoms with Crippen LogP contribution < -0.4 is 14.8 Å². The molecule has 0 aliphatic rings. The molecule has 0 saturated carbocycles. The fourth-order valence-electron chi connectivity index (χ4n) is 2.83. The molecule has 1 N–H and O–H groups in total. The van der Waals surface area contributed by atoms with Crippen LogP contribution in [-0.4, -0.2) is 7.11 Å². The summed E-state index contributed by atoms with van der Waals surface area (Å²) in [5.41, 5.74) is 4.02. The monoisotopic (exact) mass is 433 g/mol. The van der Waals surface area contributed by atoms with Gasteiger partial charge in [-0.05, 0) is 36.2 Å². The average Bonchev–Trinajstić information content (AvgIpc) is 2.70. The van der Waals surface area contributed by atoms with Crippen molar-refractivity contribution in [3.8, 4) is 11.5 Å². The molecular weight excluding hydrogens is 412 g/mol. The minimum absolute atomic E-state index is 0.177. The van der Waals surface area contributed by atoms with Crippen LogP contribution in [0, 0.1) is 12.7 Å². The number of benzene rings is 3. The second-order valence-corrected chi connectivity index (χ2v) is 7.52. The van der Waals surface area contributed by atoms with Crippen LogP contribution >= 0.6 is 23.2 Å². The summed E-state index contributed by atoms with van der Waals surface area (Å²) in [6, 6.07) is 16.1. The molecule has 3 nitrogen and oxygen atoms in total. The Hall–Kier alpha value is -2.27. The van der Waals surface area contributed by atoms with E-state index in [-0.39, 0.29) is 12.4 Å². The topological polar surface area (TPSA) is 30.5 Å². The first-order chi connectivity index (χ1) is 14.0. The number of aryl methyl sites for hydroxylation is 1. The number of nitrogens with one attached hydrogen (secondary N) is 1. The SMILES string of the molecule is COc1cc(CNCc2ccc(C)cc2)c(Cl)cc1OCc1ccc(F)cc1Cl. The molecule has 0 aliphatic carbocycles. The van der Waals surface area contributed by atoms with Crippen LogP contribution in [0.4, 0.5) is 4.39 Å². The molecule has 0 radical (unpaired) electrons. The first-order valence-corrected chi connectivity index (χ1v) is 9.91. The molecule has 0 aliphatic heterocycles. The van der Waals surface area contributed by atoms with E-state index in [1.165, 1.54) is 23.3 Å². The largest absolute Gasteiger partial charge is 0.493 e. The first kappa shape index (κ1) is 21.4. The molecule has 0 aromatic heterocycles. The van der Waals surface area contributed by atoms with Gasteiger partial charge in [0.15, 0.2) is 11.5 Å². The zero-order valence-corrected chi connectivity index (χ0v) is 17.8. The highest BCUT2D eigenvalue weighted by Gasteiger charge is 2.12. The van der Waals surface area contributed by atoms with E-state index in [1.807, 2.05) is 6.07 Å². The van der Waals surface area contributed by atoms with E-state index in [9.17, 15) is 4.39 Å². The van der Waals surface area contributed by atoms with Gasteiger partial charge >= 0.3 is 0 Å². The van der Waals surface area contributed by atoms with Crippen LogP contribution in [0.5, 0.6) is 11.5 Å². The van der Waals surface area contributed by atoms with Gasteiger partial charge in [-0.3, -0.25) is 0 Å². The lowest BCUT2D eigenvalue weighted by Crippen LogP contribution is -2.13. The summed E-state index contributed by atoms with van der Waals surface area (Å²) in [5.74, 6) is 0.682. The first-order valence-electron chi connectivity index (χ1n) is 9.15. The van der Waals surface area contributed by atoms with Crippen LogP contribution in [0.1, 0.15) is 22.3 Å². The van der Waals surface area contributed by atoms with Crippen molar-refractivity contribution in [2.24, 2.45) is 0 Å². The zero-order valence-electron chi connectivity index (χ0n) is 16.3. The van der Waals surface area contributed by atoms with Crippen molar-refractivity contribution < 1.29 is 13.9 Å². The fourth-order valence-corrected chi connectivity index (χ4v) is 3.27. The predicted octanol–water partition coefficient (Wildman–Crippen LogP) is 6.32. The van der Waals surface area contributed by atoms with Crippen LogP contribution in [0.25, 0.3) is 0 Å². The molecule has 6 heteroatoms. The minimum Gasteiger partial charge on any atom is -0.493 e. The standard InChI is InChI=1S/C23H22Cl2FNO2/c1-15-3-5-16(6-4-15)12-27-13-18-9-22(28-2)23(11-21(18)25)29-14-17-7-8-19(26)10-20(17)24/h3-11,27H,12-14H2,1-2H3. The van der Waals surface area contributed by atoms with Crippen molar-refractivity contribution in [3.05, 3.63) is 92.7 Å². The number of hydrogen-bond donors (Lipinski definition) is 1. The molecule has 29 heavy (non-hydrogen) atoms. The van der Waals surface area contributed by atoms with E-state index in [2.05, 4.69) is 36.5 Å². The molecule has 0 heterocycles. The molecule has 0 atom stereocenters. The van der Waals surface area contributed by atoms with Crippen molar-refractivity contribution in [1.29, 1.82) is 0 Å². The Morgan fingerprint density at radius 2 is 1.59 bits per heavy atom. The van der Waals surface area contributed by atoms with Gasteiger partial charge in [0.1, 0.15) is 12.4 Å². The van der Waals surface area contributed by atoms with Crippen LogP contribution in [0.3, 0.4) is 0 Å². The summed E-state index contributed by atoms with van der Waals surface area (Å²) in [7, 11) is 1.57. The molecule has 3 aromatic rings. The van der Waals surface area contributed by atoms with Gasteiger partial charge in [-0.15, -0.1) is 0 Å². The zero-order chi connectivity index (χ0) is 20.8. The van der Waals surface area contributed by atoms with Crippen molar-refractivity contribution in [3.63, 3.8) is 0 Å². The van der Waals surface area contributed by atoms with E-state index >= 15 is 0 Å². The van der Waals surface area contributed by atoms with E-state index in [0.29, 0.717) is 33.7 Å². The lowest BCUT2D eigenvalue weighted by atomic mass is 10.1. The van der Waals surface area contributed by atoms with Crippen molar-refractivity contribution in [2.45, 2.75) is 26.6 Å². The second kappa shape index (κ2) is 9.97. The summed E-state index contributed by atoms with van der Waals surface area (Å²) < 4.78 is 24.5. The van der Waals surface area contributed by atoms with Crippen molar-refractivity contribution in [1.82, 2.24) is 5.32 Å². The molecule has 0 unspecified atom stereocenters. The van der Waals surface area contributed by atoms with Crippen LogP contribution in [0.2, 0.25) is 10.0 Å². The maximum atomic E-state index is 13.2. The number of hydrogen-bond acceptors (Lipinski definition) is 3. The molecule has 3 aromatic carbocycles. The molecule has 0 saturated heterocycles.